The molecule has 0 fully saturated rings. The molecule has 0 aliphatic carbocycles. The quantitative estimate of drug-likeness (QED) is 0.791. The number of carbonyl (C=O) groups excluding carboxylic acids is 1. The Morgan fingerprint density at radius 2 is 2.05 bits per heavy atom. The first-order valence-electron chi connectivity index (χ1n) is 5.65. The third kappa shape index (κ3) is 3.98. The van der Waals surface area contributed by atoms with Gasteiger partial charge in [-0.2, -0.15) is 5.10 Å². The fourth-order valence-electron chi connectivity index (χ4n) is 1.37. The number of amides is 1. The van der Waals surface area contributed by atoms with Crippen molar-refractivity contribution in [3.8, 4) is 11.5 Å². The van der Waals surface area contributed by atoms with Crippen molar-refractivity contribution in [3.63, 3.8) is 0 Å². The van der Waals surface area contributed by atoms with Gasteiger partial charge in [0.1, 0.15) is 23.7 Å². The molecule has 2 N–H and O–H groups in total. The number of rotatable bonds is 6. The molecular formula is C12H14N4O3. The summed E-state index contributed by atoms with van der Waals surface area (Å²) in [6.07, 6.45) is 1.38. The topological polar surface area (TPSA) is 89.1 Å². The molecule has 100 valence electrons. The highest BCUT2D eigenvalue weighted by atomic mass is 16.5. The Kier molecular flexibility index (Phi) is 4.33. The van der Waals surface area contributed by atoms with Crippen LogP contribution in [-0.2, 0) is 11.3 Å². The van der Waals surface area contributed by atoms with E-state index in [1.54, 1.807) is 31.4 Å². The van der Waals surface area contributed by atoms with Crippen LogP contribution in [0.2, 0.25) is 0 Å². The van der Waals surface area contributed by atoms with Crippen LogP contribution in [0.1, 0.15) is 5.82 Å². The lowest BCUT2D eigenvalue weighted by atomic mass is 10.3. The molecule has 0 saturated heterocycles. The number of aromatic amines is 1. The number of hydrogen-bond acceptors (Lipinski definition) is 5. The molecule has 1 aromatic carbocycles. The Balaban J connectivity index is 1.73. The fourth-order valence-corrected chi connectivity index (χ4v) is 1.37. The van der Waals surface area contributed by atoms with Gasteiger partial charge in [-0.05, 0) is 24.3 Å². The summed E-state index contributed by atoms with van der Waals surface area (Å²) in [5.74, 6) is 1.71. The second-order valence-corrected chi connectivity index (χ2v) is 3.67. The summed E-state index contributed by atoms with van der Waals surface area (Å²) in [6, 6.07) is 7.01. The zero-order valence-electron chi connectivity index (χ0n) is 10.4. The predicted octanol–water partition coefficient (Wildman–Crippen LogP) is 0.508. The first-order chi connectivity index (χ1) is 9.28. The van der Waals surface area contributed by atoms with Crippen molar-refractivity contribution < 1.29 is 14.3 Å². The van der Waals surface area contributed by atoms with Crippen molar-refractivity contribution in [2.24, 2.45) is 0 Å². The summed E-state index contributed by atoms with van der Waals surface area (Å²) >= 11 is 0. The first kappa shape index (κ1) is 12.9. The van der Waals surface area contributed by atoms with Crippen LogP contribution in [0.5, 0.6) is 11.5 Å². The average Bonchev–Trinajstić information content (AvgIpc) is 2.96. The van der Waals surface area contributed by atoms with E-state index in [1.807, 2.05) is 0 Å². The Morgan fingerprint density at radius 3 is 2.68 bits per heavy atom. The molecule has 0 atom stereocenters. The predicted molar refractivity (Wildman–Crippen MR) is 66.7 cm³/mol. The second kappa shape index (κ2) is 6.39. The van der Waals surface area contributed by atoms with Gasteiger partial charge in [0.15, 0.2) is 6.61 Å². The fraction of sp³-hybridized carbons (Fsp3) is 0.250. The van der Waals surface area contributed by atoms with Crippen LogP contribution >= 0.6 is 0 Å². The van der Waals surface area contributed by atoms with Crippen LogP contribution in [0.4, 0.5) is 0 Å². The number of aromatic nitrogens is 3. The van der Waals surface area contributed by atoms with Crippen LogP contribution < -0.4 is 14.8 Å². The van der Waals surface area contributed by atoms with E-state index in [1.165, 1.54) is 6.33 Å². The van der Waals surface area contributed by atoms with E-state index in [4.69, 9.17) is 9.47 Å². The van der Waals surface area contributed by atoms with Gasteiger partial charge in [0.05, 0.1) is 13.7 Å². The van der Waals surface area contributed by atoms with Crippen LogP contribution in [0.25, 0.3) is 0 Å². The smallest absolute Gasteiger partial charge is 0.258 e. The minimum atomic E-state index is -0.229. The molecule has 0 aliphatic heterocycles. The Labute approximate surface area is 110 Å². The van der Waals surface area contributed by atoms with Crippen molar-refractivity contribution in [2.75, 3.05) is 13.7 Å². The standard InChI is InChI=1S/C12H14N4O3/c1-18-9-2-4-10(5-3-9)19-7-12(17)13-6-11-14-8-15-16-11/h2-5,8H,6-7H2,1H3,(H,13,17)(H,14,15,16). The maximum Gasteiger partial charge on any atom is 0.258 e. The van der Waals surface area contributed by atoms with Gasteiger partial charge in [0.25, 0.3) is 5.91 Å². The molecule has 2 rings (SSSR count). The summed E-state index contributed by atoms with van der Waals surface area (Å²) in [5.41, 5.74) is 0. The maximum atomic E-state index is 11.5. The number of carbonyl (C=O) groups is 1. The number of H-pyrrole nitrogens is 1. The molecule has 1 amide bonds. The highest BCUT2D eigenvalue weighted by Gasteiger charge is 2.04. The summed E-state index contributed by atoms with van der Waals surface area (Å²) in [5, 5.41) is 8.98. The molecule has 2 aromatic rings. The van der Waals surface area contributed by atoms with Crippen LogP contribution in [-0.4, -0.2) is 34.8 Å². The molecule has 0 bridgehead atoms. The zero-order chi connectivity index (χ0) is 13.5. The Bertz CT molecular complexity index is 510. The van der Waals surface area contributed by atoms with Gasteiger partial charge >= 0.3 is 0 Å². The molecule has 1 heterocycles. The number of hydrogen-bond donors (Lipinski definition) is 2. The molecule has 0 unspecified atom stereocenters. The molecule has 1 aromatic heterocycles. The summed E-state index contributed by atoms with van der Waals surface area (Å²) in [6.45, 7) is 0.241. The Hall–Kier alpha value is -2.57. The van der Waals surface area contributed by atoms with Gasteiger partial charge in [0.2, 0.25) is 0 Å². The normalized spacial score (nSPS) is 9.95. The van der Waals surface area contributed by atoms with Gasteiger partial charge in [0, 0.05) is 0 Å². The lowest BCUT2D eigenvalue weighted by Gasteiger charge is -2.07. The number of ether oxygens (including phenoxy) is 2. The molecule has 0 spiro atoms. The lowest BCUT2D eigenvalue weighted by molar-refractivity contribution is -0.123. The van der Waals surface area contributed by atoms with Crippen molar-refractivity contribution in [3.05, 3.63) is 36.4 Å². The molecule has 0 radical (unpaired) electrons. The number of nitrogens with zero attached hydrogens (tertiary/aromatic N) is 2. The minimum absolute atomic E-state index is 0.0551. The monoisotopic (exact) mass is 262 g/mol. The first-order valence-corrected chi connectivity index (χ1v) is 5.65. The largest absolute Gasteiger partial charge is 0.497 e. The SMILES string of the molecule is COc1ccc(OCC(=O)NCc2ncn[nH]2)cc1. The van der Waals surface area contributed by atoms with Crippen LogP contribution in [0.3, 0.4) is 0 Å². The van der Waals surface area contributed by atoms with E-state index in [0.29, 0.717) is 18.1 Å². The van der Waals surface area contributed by atoms with Crippen molar-refractivity contribution in [2.45, 2.75) is 6.54 Å². The van der Waals surface area contributed by atoms with Gasteiger partial charge < -0.3 is 14.8 Å². The van der Waals surface area contributed by atoms with Gasteiger partial charge in [-0.1, -0.05) is 0 Å². The van der Waals surface area contributed by atoms with Crippen LogP contribution in [0.15, 0.2) is 30.6 Å². The van der Waals surface area contributed by atoms with Gasteiger partial charge in [-0.15, -0.1) is 0 Å². The van der Waals surface area contributed by atoms with Crippen molar-refractivity contribution >= 4 is 5.91 Å². The Morgan fingerprint density at radius 1 is 1.32 bits per heavy atom. The second-order valence-electron chi connectivity index (χ2n) is 3.67. The highest BCUT2D eigenvalue weighted by molar-refractivity contribution is 5.77. The zero-order valence-corrected chi connectivity index (χ0v) is 10.4. The van der Waals surface area contributed by atoms with E-state index >= 15 is 0 Å². The summed E-state index contributed by atoms with van der Waals surface area (Å²) in [7, 11) is 1.59. The maximum absolute atomic E-state index is 11.5. The third-order valence-corrected chi connectivity index (χ3v) is 2.35. The molecule has 7 nitrogen and oxygen atoms in total. The van der Waals surface area contributed by atoms with E-state index in [0.717, 1.165) is 5.75 Å². The van der Waals surface area contributed by atoms with Gasteiger partial charge in [-0.25, -0.2) is 4.98 Å². The molecule has 0 aliphatic rings. The number of benzene rings is 1. The molecule has 0 saturated carbocycles. The average molecular weight is 262 g/mol. The molecule has 7 heteroatoms. The summed E-state index contributed by atoms with van der Waals surface area (Å²) < 4.78 is 10.3. The molecule has 19 heavy (non-hydrogen) atoms. The van der Waals surface area contributed by atoms with E-state index in [-0.39, 0.29) is 12.5 Å². The van der Waals surface area contributed by atoms with E-state index < -0.39 is 0 Å². The number of methoxy groups -OCH3 is 1. The van der Waals surface area contributed by atoms with E-state index in [9.17, 15) is 4.79 Å². The van der Waals surface area contributed by atoms with Crippen molar-refractivity contribution in [1.29, 1.82) is 0 Å². The van der Waals surface area contributed by atoms with Gasteiger partial charge in [-0.3, -0.25) is 9.89 Å². The van der Waals surface area contributed by atoms with Crippen molar-refractivity contribution in [1.82, 2.24) is 20.5 Å². The summed E-state index contributed by atoms with van der Waals surface area (Å²) in [4.78, 5) is 15.4. The third-order valence-electron chi connectivity index (χ3n) is 2.35. The number of nitrogens with one attached hydrogen (secondary N) is 2. The molecular weight excluding hydrogens is 248 g/mol. The minimum Gasteiger partial charge on any atom is -0.497 e. The lowest BCUT2D eigenvalue weighted by Crippen LogP contribution is -2.28. The van der Waals surface area contributed by atoms with Crippen LogP contribution in [0, 0.1) is 0 Å². The van der Waals surface area contributed by atoms with E-state index in [2.05, 4.69) is 20.5 Å². The highest BCUT2D eigenvalue weighted by Crippen LogP contribution is 2.16.